The molecule has 88 valence electrons. The molecule has 0 aliphatic heterocycles. The molecule has 1 N–H and O–H groups in total. The largest absolute Gasteiger partial charge is 0.477 e. The van der Waals surface area contributed by atoms with Crippen molar-refractivity contribution in [1.29, 1.82) is 0 Å². The van der Waals surface area contributed by atoms with E-state index in [2.05, 4.69) is 0 Å². The third-order valence-electron chi connectivity index (χ3n) is 2.88. The van der Waals surface area contributed by atoms with Gasteiger partial charge in [0.15, 0.2) is 0 Å². The molecule has 0 saturated carbocycles. The summed E-state index contributed by atoms with van der Waals surface area (Å²) < 4.78 is 1.84. The maximum atomic E-state index is 11.2. The van der Waals surface area contributed by atoms with Crippen LogP contribution in [0.25, 0.3) is 0 Å². The molecular weight excluding hydrogens is 214 g/mol. The first-order valence-corrected chi connectivity index (χ1v) is 5.53. The highest BCUT2D eigenvalue weighted by Crippen LogP contribution is 2.17. The number of aromatic nitrogens is 1. The predicted molar refractivity (Wildman–Crippen MR) is 66.4 cm³/mol. The lowest BCUT2D eigenvalue weighted by Gasteiger charge is -2.09. The first-order valence-electron chi connectivity index (χ1n) is 5.53. The van der Waals surface area contributed by atoms with Gasteiger partial charge in [0.05, 0.1) is 0 Å². The molecule has 0 amide bonds. The van der Waals surface area contributed by atoms with Crippen LogP contribution in [0.15, 0.2) is 36.4 Å². The molecule has 0 aliphatic rings. The fourth-order valence-electron chi connectivity index (χ4n) is 2.10. The van der Waals surface area contributed by atoms with Crippen LogP contribution >= 0.6 is 0 Å². The van der Waals surface area contributed by atoms with Gasteiger partial charge in [0.2, 0.25) is 0 Å². The number of hydrogen-bond donors (Lipinski definition) is 1. The summed E-state index contributed by atoms with van der Waals surface area (Å²) in [6.45, 7) is 4.36. The lowest BCUT2D eigenvalue weighted by Crippen LogP contribution is -2.11. The topological polar surface area (TPSA) is 42.2 Å². The number of aromatic carboxylic acids is 1. The van der Waals surface area contributed by atoms with Crippen LogP contribution in [0.3, 0.4) is 0 Å². The Labute approximate surface area is 100 Å². The lowest BCUT2D eigenvalue weighted by atomic mass is 10.2. The van der Waals surface area contributed by atoms with Gasteiger partial charge < -0.3 is 9.67 Å². The number of carbonyl (C=O) groups is 1. The molecule has 0 bridgehead atoms. The number of hydrogen-bond acceptors (Lipinski definition) is 1. The molecule has 0 fully saturated rings. The zero-order valence-corrected chi connectivity index (χ0v) is 9.97. The van der Waals surface area contributed by atoms with Crippen molar-refractivity contribution in [1.82, 2.24) is 4.57 Å². The number of carboxylic acid groups (broad SMARTS) is 1. The summed E-state index contributed by atoms with van der Waals surface area (Å²) >= 11 is 0. The summed E-state index contributed by atoms with van der Waals surface area (Å²) in [6, 6.07) is 11.8. The van der Waals surface area contributed by atoms with E-state index in [1.54, 1.807) is 0 Å². The van der Waals surface area contributed by atoms with Crippen LogP contribution in [0.1, 0.15) is 27.3 Å². The third-order valence-corrected chi connectivity index (χ3v) is 2.88. The maximum Gasteiger partial charge on any atom is 0.352 e. The molecule has 3 heteroatoms. The van der Waals surface area contributed by atoms with Crippen LogP contribution in [-0.2, 0) is 6.54 Å². The van der Waals surface area contributed by atoms with Gasteiger partial charge in [-0.25, -0.2) is 4.79 Å². The molecule has 0 saturated heterocycles. The van der Waals surface area contributed by atoms with E-state index in [4.69, 9.17) is 0 Å². The van der Waals surface area contributed by atoms with Gasteiger partial charge in [-0.05, 0) is 31.0 Å². The van der Waals surface area contributed by atoms with Crippen molar-refractivity contribution in [3.8, 4) is 0 Å². The number of rotatable bonds is 3. The Balaban J connectivity index is 2.42. The van der Waals surface area contributed by atoms with Crippen molar-refractivity contribution < 1.29 is 9.90 Å². The van der Waals surface area contributed by atoms with E-state index in [0.29, 0.717) is 12.2 Å². The van der Waals surface area contributed by atoms with Crippen molar-refractivity contribution in [2.24, 2.45) is 0 Å². The summed E-state index contributed by atoms with van der Waals surface area (Å²) in [7, 11) is 0. The average molecular weight is 229 g/mol. The summed E-state index contributed by atoms with van der Waals surface area (Å²) in [5, 5.41) is 9.22. The highest BCUT2D eigenvalue weighted by Gasteiger charge is 2.16. The molecule has 2 aromatic rings. The summed E-state index contributed by atoms with van der Waals surface area (Å²) in [5.74, 6) is -0.869. The Morgan fingerprint density at radius 3 is 2.47 bits per heavy atom. The number of nitrogens with zero attached hydrogens (tertiary/aromatic N) is 1. The fourth-order valence-corrected chi connectivity index (χ4v) is 2.10. The predicted octanol–water partition coefficient (Wildman–Crippen LogP) is 2.85. The third kappa shape index (κ3) is 2.23. The first kappa shape index (κ1) is 11.5. The molecule has 2 rings (SSSR count). The van der Waals surface area contributed by atoms with E-state index in [0.717, 1.165) is 16.8 Å². The SMILES string of the molecule is Cc1cc(C)n(Cc2ccccc2)c1C(=O)O. The molecule has 1 aromatic carbocycles. The molecule has 1 heterocycles. The Kier molecular flexibility index (Phi) is 3.00. The minimum Gasteiger partial charge on any atom is -0.477 e. The lowest BCUT2D eigenvalue weighted by molar-refractivity contribution is 0.0684. The highest BCUT2D eigenvalue weighted by atomic mass is 16.4. The van der Waals surface area contributed by atoms with E-state index in [1.807, 2.05) is 54.8 Å². The molecule has 1 aromatic heterocycles. The van der Waals surface area contributed by atoms with E-state index >= 15 is 0 Å². The minimum absolute atomic E-state index is 0.381. The van der Waals surface area contributed by atoms with E-state index in [-0.39, 0.29) is 0 Å². The van der Waals surface area contributed by atoms with Crippen LogP contribution in [-0.4, -0.2) is 15.6 Å². The molecule has 17 heavy (non-hydrogen) atoms. The first-order chi connectivity index (χ1) is 8.09. The van der Waals surface area contributed by atoms with E-state index in [9.17, 15) is 9.90 Å². The second kappa shape index (κ2) is 4.45. The van der Waals surface area contributed by atoms with Crippen LogP contribution in [0.5, 0.6) is 0 Å². The van der Waals surface area contributed by atoms with Crippen molar-refractivity contribution in [2.45, 2.75) is 20.4 Å². The second-order valence-electron chi connectivity index (χ2n) is 4.19. The Hall–Kier alpha value is -2.03. The van der Waals surface area contributed by atoms with Crippen molar-refractivity contribution in [3.05, 3.63) is 58.9 Å². The highest BCUT2D eigenvalue weighted by molar-refractivity contribution is 5.88. The van der Waals surface area contributed by atoms with Gasteiger partial charge in [0.1, 0.15) is 5.69 Å². The van der Waals surface area contributed by atoms with Gasteiger partial charge >= 0.3 is 5.97 Å². The van der Waals surface area contributed by atoms with Crippen molar-refractivity contribution >= 4 is 5.97 Å². The maximum absolute atomic E-state index is 11.2. The van der Waals surface area contributed by atoms with Gasteiger partial charge in [-0.1, -0.05) is 30.3 Å². The van der Waals surface area contributed by atoms with Gasteiger partial charge in [-0.2, -0.15) is 0 Å². The van der Waals surface area contributed by atoms with Crippen LogP contribution in [0, 0.1) is 13.8 Å². The fraction of sp³-hybridized carbons (Fsp3) is 0.214. The standard InChI is InChI=1S/C14H15NO2/c1-10-8-11(2)15(13(10)14(16)17)9-12-6-4-3-5-7-12/h3-8H,9H2,1-2H3,(H,16,17). The smallest absolute Gasteiger partial charge is 0.352 e. The van der Waals surface area contributed by atoms with Gasteiger partial charge in [-0.3, -0.25) is 0 Å². The van der Waals surface area contributed by atoms with Gasteiger partial charge in [0, 0.05) is 12.2 Å². The zero-order chi connectivity index (χ0) is 12.4. The molecular formula is C14H15NO2. The molecule has 0 atom stereocenters. The average Bonchev–Trinajstić information content (AvgIpc) is 2.55. The normalized spacial score (nSPS) is 10.5. The second-order valence-corrected chi connectivity index (χ2v) is 4.19. The summed E-state index contributed by atoms with van der Waals surface area (Å²) in [4.78, 5) is 11.2. The van der Waals surface area contributed by atoms with Crippen LogP contribution in [0.4, 0.5) is 0 Å². The van der Waals surface area contributed by atoms with Gasteiger partial charge in [0.25, 0.3) is 0 Å². The van der Waals surface area contributed by atoms with Crippen LogP contribution in [0.2, 0.25) is 0 Å². The minimum atomic E-state index is -0.869. The van der Waals surface area contributed by atoms with Crippen LogP contribution < -0.4 is 0 Å². The quantitative estimate of drug-likeness (QED) is 0.879. The number of carboxylic acids is 1. The Morgan fingerprint density at radius 2 is 1.88 bits per heavy atom. The summed E-state index contributed by atoms with van der Waals surface area (Å²) in [5.41, 5.74) is 3.27. The number of aryl methyl sites for hydroxylation is 2. The Morgan fingerprint density at radius 1 is 1.24 bits per heavy atom. The monoisotopic (exact) mass is 229 g/mol. The van der Waals surface area contributed by atoms with Crippen molar-refractivity contribution in [3.63, 3.8) is 0 Å². The van der Waals surface area contributed by atoms with E-state index < -0.39 is 5.97 Å². The molecule has 3 nitrogen and oxygen atoms in total. The Bertz CT molecular complexity index is 541. The molecule has 0 radical (unpaired) electrons. The number of benzene rings is 1. The summed E-state index contributed by atoms with van der Waals surface area (Å²) in [6.07, 6.45) is 0. The zero-order valence-electron chi connectivity index (χ0n) is 9.97. The van der Waals surface area contributed by atoms with Gasteiger partial charge in [-0.15, -0.1) is 0 Å². The molecule has 0 spiro atoms. The van der Waals surface area contributed by atoms with Crippen molar-refractivity contribution in [2.75, 3.05) is 0 Å². The van der Waals surface area contributed by atoms with E-state index in [1.165, 1.54) is 0 Å². The molecule has 0 aliphatic carbocycles. The molecule has 0 unspecified atom stereocenters.